The van der Waals surface area contributed by atoms with Gasteiger partial charge in [0.2, 0.25) is 0 Å². The Hall–Kier alpha value is -2.55. The van der Waals surface area contributed by atoms with E-state index in [1.807, 2.05) is 54.0 Å². The third kappa shape index (κ3) is 1.89. The monoisotopic (exact) mass is 250 g/mol. The van der Waals surface area contributed by atoms with E-state index in [4.69, 9.17) is 5.73 Å². The van der Waals surface area contributed by atoms with Crippen LogP contribution in [0.4, 0.5) is 5.69 Å². The number of aryl methyl sites for hydroxylation is 1. The lowest BCUT2D eigenvalue weighted by Gasteiger charge is -2.12. The summed E-state index contributed by atoms with van der Waals surface area (Å²) in [7, 11) is 0. The molecule has 3 heteroatoms. The SMILES string of the molecule is Cc1ccc(-n2ccc(=O)c3ccccc32)cc1N. The average molecular weight is 250 g/mol. The minimum Gasteiger partial charge on any atom is -0.398 e. The number of aromatic nitrogens is 1. The van der Waals surface area contributed by atoms with Crippen molar-refractivity contribution in [2.45, 2.75) is 6.92 Å². The smallest absolute Gasteiger partial charge is 0.189 e. The molecule has 0 saturated heterocycles. The van der Waals surface area contributed by atoms with E-state index in [1.54, 1.807) is 12.3 Å². The molecule has 0 aliphatic heterocycles. The number of hydrogen-bond donors (Lipinski definition) is 1. The van der Waals surface area contributed by atoms with Gasteiger partial charge in [-0.3, -0.25) is 4.79 Å². The molecule has 0 amide bonds. The Bertz CT molecular complexity index is 818. The second kappa shape index (κ2) is 4.28. The Morgan fingerprint density at radius 1 is 1.05 bits per heavy atom. The van der Waals surface area contributed by atoms with E-state index < -0.39 is 0 Å². The van der Waals surface area contributed by atoms with Crippen molar-refractivity contribution < 1.29 is 0 Å². The maximum absolute atomic E-state index is 11.8. The van der Waals surface area contributed by atoms with Crippen molar-refractivity contribution >= 4 is 16.6 Å². The lowest BCUT2D eigenvalue weighted by Crippen LogP contribution is -2.06. The summed E-state index contributed by atoms with van der Waals surface area (Å²) in [6, 6.07) is 15.1. The number of benzene rings is 2. The molecule has 1 heterocycles. The molecule has 0 bridgehead atoms. The number of nitrogens with zero attached hydrogens (tertiary/aromatic N) is 1. The minimum absolute atomic E-state index is 0.0342. The summed E-state index contributed by atoms with van der Waals surface area (Å²) >= 11 is 0. The van der Waals surface area contributed by atoms with Gasteiger partial charge in [0.25, 0.3) is 0 Å². The average Bonchev–Trinajstić information content (AvgIpc) is 2.43. The van der Waals surface area contributed by atoms with Crippen LogP contribution in [0.15, 0.2) is 59.5 Å². The predicted molar refractivity (Wildman–Crippen MR) is 78.7 cm³/mol. The first kappa shape index (κ1) is 11.5. The highest BCUT2D eigenvalue weighted by molar-refractivity contribution is 5.80. The Morgan fingerprint density at radius 2 is 1.84 bits per heavy atom. The van der Waals surface area contributed by atoms with E-state index in [-0.39, 0.29) is 5.43 Å². The molecule has 19 heavy (non-hydrogen) atoms. The maximum Gasteiger partial charge on any atom is 0.189 e. The van der Waals surface area contributed by atoms with Crippen LogP contribution in [-0.2, 0) is 0 Å². The van der Waals surface area contributed by atoms with Gasteiger partial charge in [-0.1, -0.05) is 18.2 Å². The van der Waals surface area contributed by atoms with Gasteiger partial charge in [-0.2, -0.15) is 0 Å². The maximum atomic E-state index is 11.8. The van der Waals surface area contributed by atoms with E-state index in [9.17, 15) is 4.79 Å². The first-order valence-electron chi connectivity index (χ1n) is 6.14. The Kier molecular flexibility index (Phi) is 2.60. The molecule has 0 radical (unpaired) electrons. The van der Waals surface area contributed by atoms with Crippen LogP contribution in [0, 0.1) is 6.92 Å². The molecule has 3 rings (SSSR count). The van der Waals surface area contributed by atoms with Gasteiger partial charge in [0.1, 0.15) is 0 Å². The third-order valence-electron chi connectivity index (χ3n) is 3.35. The van der Waals surface area contributed by atoms with Crippen molar-refractivity contribution in [3.8, 4) is 5.69 Å². The van der Waals surface area contributed by atoms with Gasteiger partial charge >= 0.3 is 0 Å². The summed E-state index contributed by atoms with van der Waals surface area (Å²) in [4.78, 5) is 11.8. The number of fused-ring (bicyclic) bond motifs is 1. The minimum atomic E-state index is 0.0342. The molecule has 0 unspecified atom stereocenters. The lowest BCUT2D eigenvalue weighted by atomic mass is 10.1. The number of rotatable bonds is 1. The number of para-hydroxylation sites is 1. The summed E-state index contributed by atoms with van der Waals surface area (Å²) in [6.07, 6.45) is 1.79. The van der Waals surface area contributed by atoms with Crippen LogP contribution in [-0.4, -0.2) is 4.57 Å². The second-order valence-electron chi connectivity index (χ2n) is 4.61. The molecule has 0 fully saturated rings. The molecule has 2 aromatic carbocycles. The molecule has 0 aliphatic carbocycles. The summed E-state index contributed by atoms with van der Waals surface area (Å²) < 4.78 is 1.98. The number of hydrogen-bond acceptors (Lipinski definition) is 2. The molecule has 94 valence electrons. The molecular formula is C16H14N2O. The Morgan fingerprint density at radius 3 is 2.63 bits per heavy atom. The van der Waals surface area contributed by atoms with Gasteiger partial charge in [0, 0.05) is 29.0 Å². The highest BCUT2D eigenvalue weighted by Gasteiger charge is 2.04. The summed E-state index contributed by atoms with van der Waals surface area (Å²) in [5.74, 6) is 0. The highest BCUT2D eigenvalue weighted by Crippen LogP contribution is 2.20. The van der Waals surface area contributed by atoms with E-state index >= 15 is 0 Å². The quantitative estimate of drug-likeness (QED) is 0.675. The Labute approximate surface area is 110 Å². The number of nitrogens with two attached hydrogens (primary N) is 1. The molecular weight excluding hydrogens is 236 g/mol. The molecule has 0 aliphatic rings. The van der Waals surface area contributed by atoms with Crippen LogP contribution in [0.1, 0.15) is 5.56 Å². The second-order valence-corrected chi connectivity index (χ2v) is 4.61. The van der Waals surface area contributed by atoms with Gasteiger partial charge < -0.3 is 10.3 Å². The van der Waals surface area contributed by atoms with E-state index in [2.05, 4.69) is 0 Å². The van der Waals surface area contributed by atoms with Crippen molar-refractivity contribution in [3.63, 3.8) is 0 Å². The van der Waals surface area contributed by atoms with Crippen molar-refractivity contribution in [1.29, 1.82) is 0 Å². The summed E-state index contributed by atoms with van der Waals surface area (Å²) in [5, 5.41) is 0.712. The van der Waals surface area contributed by atoms with Crippen molar-refractivity contribution in [3.05, 3.63) is 70.5 Å². The topological polar surface area (TPSA) is 48.0 Å². The fraction of sp³-hybridized carbons (Fsp3) is 0.0625. The van der Waals surface area contributed by atoms with Crippen molar-refractivity contribution in [1.82, 2.24) is 4.57 Å². The first-order valence-corrected chi connectivity index (χ1v) is 6.14. The Balaban J connectivity index is 2.34. The van der Waals surface area contributed by atoms with E-state index in [0.717, 1.165) is 22.5 Å². The first-order chi connectivity index (χ1) is 9.16. The molecule has 3 aromatic rings. The number of anilines is 1. The van der Waals surface area contributed by atoms with E-state index in [0.29, 0.717) is 5.39 Å². The standard InChI is InChI=1S/C16H14N2O/c1-11-6-7-12(10-14(11)17)18-9-8-16(19)13-4-2-3-5-15(13)18/h2-10H,17H2,1H3. The predicted octanol–water partition coefficient (Wildman–Crippen LogP) is 2.88. The van der Waals surface area contributed by atoms with Gasteiger partial charge in [-0.05, 0) is 36.8 Å². The van der Waals surface area contributed by atoms with Gasteiger partial charge in [0.15, 0.2) is 5.43 Å². The van der Waals surface area contributed by atoms with Crippen LogP contribution in [0.25, 0.3) is 16.6 Å². The van der Waals surface area contributed by atoms with Crippen LogP contribution in [0.2, 0.25) is 0 Å². The van der Waals surface area contributed by atoms with Gasteiger partial charge in [-0.15, -0.1) is 0 Å². The van der Waals surface area contributed by atoms with Crippen LogP contribution in [0.3, 0.4) is 0 Å². The zero-order chi connectivity index (χ0) is 13.4. The fourth-order valence-electron chi connectivity index (χ4n) is 2.21. The normalized spacial score (nSPS) is 10.8. The van der Waals surface area contributed by atoms with Crippen molar-refractivity contribution in [2.75, 3.05) is 5.73 Å². The van der Waals surface area contributed by atoms with Gasteiger partial charge in [0.05, 0.1) is 5.52 Å². The largest absolute Gasteiger partial charge is 0.398 e. The molecule has 3 nitrogen and oxygen atoms in total. The molecule has 2 N–H and O–H groups in total. The van der Waals surface area contributed by atoms with Crippen LogP contribution < -0.4 is 11.2 Å². The lowest BCUT2D eigenvalue weighted by molar-refractivity contribution is 1.10. The third-order valence-corrected chi connectivity index (χ3v) is 3.35. The summed E-state index contributed by atoms with van der Waals surface area (Å²) in [6.45, 7) is 1.97. The van der Waals surface area contributed by atoms with Gasteiger partial charge in [-0.25, -0.2) is 0 Å². The van der Waals surface area contributed by atoms with E-state index in [1.165, 1.54) is 0 Å². The molecule has 0 atom stereocenters. The highest BCUT2D eigenvalue weighted by atomic mass is 16.1. The number of nitrogen functional groups attached to an aromatic ring is 1. The van der Waals surface area contributed by atoms with Crippen molar-refractivity contribution in [2.24, 2.45) is 0 Å². The zero-order valence-corrected chi connectivity index (χ0v) is 10.6. The van der Waals surface area contributed by atoms with Crippen LogP contribution in [0.5, 0.6) is 0 Å². The molecule has 1 aromatic heterocycles. The molecule has 0 spiro atoms. The number of pyridine rings is 1. The molecule has 0 saturated carbocycles. The fourth-order valence-corrected chi connectivity index (χ4v) is 2.21. The summed E-state index contributed by atoms with van der Waals surface area (Å²) in [5.41, 5.74) is 9.64. The van der Waals surface area contributed by atoms with Crippen LogP contribution >= 0.6 is 0 Å². The zero-order valence-electron chi connectivity index (χ0n) is 10.6.